The lowest BCUT2D eigenvalue weighted by Gasteiger charge is -2.16. The Kier molecular flexibility index (Phi) is 7.25. The molecule has 1 nitrogen and oxygen atoms in total. The van der Waals surface area contributed by atoms with Crippen LogP contribution in [0.25, 0.3) is 10.1 Å². The third kappa shape index (κ3) is 5.12. The Morgan fingerprint density at radius 2 is 1.76 bits per heavy atom. The van der Waals surface area contributed by atoms with Crippen LogP contribution in [0.2, 0.25) is 0 Å². The highest BCUT2D eigenvalue weighted by atomic mass is 32.1. The highest BCUT2D eigenvalue weighted by Crippen LogP contribution is 2.32. The minimum atomic E-state index is 0.540. The molecule has 0 saturated carbocycles. The molecule has 0 radical (unpaired) electrons. The van der Waals surface area contributed by atoms with E-state index in [1.54, 1.807) is 0 Å². The molecule has 0 spiro atoms. The zero-order valence-corrected chi connectivity index (χ0v) is 14.3. The Bertz CT molecular complexity index is 484. The molecule has 1 aromatic carbocycles. The van der Waals surface area contributed by atoms with Gasteiger partial charge in [0.2, 0.25) is 0 Å². The average Bonchev–Trinajstić information content (AvgIpc) is 2.93. The fourth-order valence-electron chi connectivity index (χ4n) is 2.89. The summed E-state index contributed by atoms with van der Waals surface area (Å²) < 4.78 is 1.42. The van der Waals surface area contributed by atoms with Crippen LogP contribution in [0.15, 0.2) is 30.3 Å². The van der Waals surface area contributed by atoms with Gasteiger partial charge in [-0.2, -0.15) is 0 Å². The highest BCUT2D eigenvalue weighted by Gasteiger charge is 2.13. The molecular formula is C19H29NS. The van der Waals surface area contributed by atoms with Gasteiger partial charge < -0.3 is 5.32 Å². The smallest absolute Gasteiger partial charge is 0.0415 e. The second-order valence-electron chi connectivity index (χ2n) is 5.85. The van der Waals surface area contributed by atoms with E-state index in [-0.39, 0.29) is 0 Å². The van der Waals surface area contributed by atoms with Gasteiger partial charge in [0.15, 0.2) is 0 Å². The maximum absolute atomic E-state index is 3.67. The van der Waals surface area contributed by atoms with E-state index in [0.717, 1.165) is 6.54 Å². The summed E-state index contributed by atoms with van der Waals surface area (Å²) in [4.78, 5) is 1.51. The lowest BCUT2D eigenvalue weighted by atomic mass is 10.0. The van der Waals surface area contributed by atoms with Crippen molar-refractivity contribution < 1.29 is 0 Å². The molecule has 0 bridgehead atoms. The fourth-order valence-corrected chi connectivity index (χ4v) is 4.07. The Hall–Kier alpha value is -0.860. The topological polar surface area (TPSA) is 12.0 Å². The van der Waals surface area contributed by atoms with Crippen LogP contribution < -0.4 is 5.32 Å². The molecule has 0 fully saturated rings. The Morgan fingerprint density at radius 1 is 1.00 bits per heavy atom. The van der Waals surface area contributed by atoms with E-state index < -0.39 is 0 Å². The standard InChI is InChI=1S/C19H29NS/c1-3-5-6-7-8-9-13-17(20-4-2)19-15-16-12-10-11-14-18(16)21-19/h10-12,14-15,17,20H,3-9,13H2,1-2H3. The summed E-state index contributed by atoms with van der Waals surface area (Å²) in [6.07, 6.45) is 9.54. The molecule has 0 aliphatic heterocycles. The summed E-state index contributed by atoms with van der Waals surface area (Å²) >= 11 is 1.95. The number of benzene rings is 1. The zero-order chi connectivity index (χ0) is 14.9. The molecule has 2 heteroatoms. The van der Waals surface area contributed by atoms with Gasteiger partial charge in [0.05, 0.1) is 0 Å². The second kappa shape index (κ2) is 9.22. The molecule has 0 amide bonds. The fraction of sp³-hybridized carbons (Fsp3) is 0.579. The van der Waals surface area contributed by atoms with Crippen LogP contribution in [0.1, 0.15) is 69.7 Å². The molecule has 1 aromatic heterocycles. The van der Waals surface area contributed by atoms with Crippen LogP contribution >= 0.6 is 11.3 Å². The number of hydrogen-bond donors (Lipinski definition) is 1. The molecule has 0 aliphatic rings. The summed E-state index contributed by atoms with van der Waals surface area (Å²) in [5.74, 6) is 0. The molecular weight excluding hydrogens is 274 g/mol. The molecule has 21 heavy (non-hydrogen) atoms. The summed E-state index contributed by atoms with van der Waals surface area (Å²) in [6.45, 7) is 5.54. The van der Waals surface area contributed by atoms with Crippen molar-refractivity contribution in [1.29, 1.82) is 0 Å². The minimum absolute atomic E-state index is 0.540. The van der Waals surface area contributed by atoms with E-state index in [1.807, 2.05) is 11.3 Å². The minimum Gasteiger partial charge on any atom is -0.310 e. The van der Waals surface area contributed by atoms with Gasteiger partial charge in [-0.05, 0) is 30.5 Å². The number of unbranched alkanes of at least 4 members (excludes halogenated alkanes) is 5. The number of hydrogen-bond acceptors (Lipinski definition) is 2. The van der Waals surface area contributed by atoms with E-state index in [9.17, 15) is 0 Å². The van der Waals surface area contributed by atoms with E-state index in [4.69, 9.17) is 0 Å². The first-order chi connectivity index (χ1) is 10.3. The predicted octanol–water partition coefficient (Wildman–Crippen LogP) is 6.30. The first-order valence-electron chi connectivity index (χ1n) is 8.57. The molecule has 0 saturated heterocycles. The largest absolute Gasteiger partial charge is 0.310 e. The van der Waals surface area contributed by atoms with Crippen LogP contribution in [-0.4, -0.2) is 6.54 Å². The van der Waals surface area contributed by atoms with E-state index in [1.165, 1.54) is 59.9 Å². The van der Waals surface area contributed by atoms with Crippen LogP contribution in [0, 0.1) is 0 Å². The molecule has 2 rings (SSSR count). The van der Waals surface area contributed by atoms with Gasteiger partial charge in [-0.1, -0.05) is 70.6 Å². The van der Waals surface area contributed by atoms with Crippen molar-refractivity contribution in [2.45, 2.75) is 64.8 Å². The molecule has 1 atom stereocenters. The van der Waals surface area contributed by atoms with Gasteiger partial charge in [0, 0.05) is 15.6 Å². The average molecular weight is 304 g/mol. The molecule has 116 valence electrons. The summed E-state index contributed by atoms with van der Waals surface area (Å²) in [6, 6.07) is 11.6. The van der Waals surface area contributed by atoms with Crippen molar-refractivity contribution in [2.24, 2.45) is 0 Å². The van der Waals surface area contributed by atoms with E-state index in [0.29, 0.717) is 6.04 Å². The van der Waals surface area contributed by atoms with Crippen LogP contribution in [-0.2, 0) is 0 Å². The number of rotatable bonds is 10. The van der Waals surface area contributed by atoms with Crippen LogP contribution in [0.5, 0.6) is 0 Å². The van der Waals surface area contributed by atoms with Crippen molar-refractivity contribution in [3.05, 3.63) is 35.2 Å². The Labute approximate surface area is 133 Å². The predicted molar refractivity (Wildman–Crippen MR) is 96.2 cm³/mol. The third-order valence-electron chi connectivity index (χ3n) is 4.08. The molecule has 0 aliphatic carbocycles. The van der Waals surface area contributed by atoms with Gasteiger partial charge in [0.25, 0.3) is 0 Å². The molecule has 1 N–H and O–H groups in total. The van der Waals surface area contributed by atoms with Crippen molar-refractivity contribution in [3.8, 4) is 0 Å². The lowest BCUT2D eigenvalue weighted by Crippen LogP contribution is -2.19. The van der Waals surface area contributed by atoms with Gasteiger partial charge >= 0.3 is 0 Å². The van der Waals surface area contributed by atoms with Crippen LogP contribution in [0.3, 0.4) is 0 Å². The molecule has 1 unspecified atom stereocenters. The Morgan fingerprint density at radius 3 is 2.52 bits per heavy atom. The second-order valence-corrected chi connectivity index (χ2v) is 6.97. The maximum atomic E-state index is 3.67. The number of fused-ring (bicyclic) bond motifs is 1. The first-order valence-corrected chi connectivity index (χ1v) is 9.38. The van der Waals surface area contributed by atoms with Crippen molar-refractivity contribution in [3.63, 3.8) is 0 Å². The summed E-state index contributed by atoms with van der Waals surface area (Å²) in [5.41, 5.74) is 0. The van der Waals surface area contributed by atoms with Crippen molar-refractivity contribution >= 4 is 21.4 Å². The quantitative estimate of drug-likeness (QED) is 0.508. The SMILES string of the molecule is CCCCCCCCC(NCC)c1cc2ccccc2s1. The van der Waals surface area contributed by atoms with Gasteiger partial charge in [-0.15, -0.1) is 11.3 Å². The highest BCUT2D eigenvalue weighted by molar-refractivity contribution is 7.19. The van der Waals surface area contributed by atoms with Gasteiger partial charge in [-0.3, -0.25) is 0 Å². The summed E-state index contributed by atoms with van der Waals surface area (Å²) in [5, 5.41) is 5.06. The third-order valence-corrected chi connectivity index (χ3v) is 5.31. The summed E-state index contributed by atoms with van der Waals surface area (Å²) in [7, 11) is 0. The molecule has 1 heterocycles. The molecule has 2 aromatic rings. The van der Waals surface area contributed by atoms with Gasteiger partial charge in [0.1, 0.15) is 0 Å². The van der Waals surface area contributed by atoms with Gasteiger partial charge in [-0.25, -0.2) is 0 Å². The Balaban J connectivity index is 1.88. The zero-order valence-electron chi connectivity index (χ0n) is 13.5. The van der Waals surface area contributed by atoms with E-state index >= 15 is 0 Å². The van der Waals surface area contributed by atoms with Crippen molar-refractivity contribution in [1.82, 2.24) is 5.32 Å². The monoisotopic (exact) mass is 303 g/mol. The maximum Gasteiger partial charge on any atom is 0.0415 e. The van der Waals surface area contributed by atoms with Crippen LogP contribution in [0.4, 0.5) is 0 Å². The first kappa shape index (κ1) is 16.5. The van der Waals surface area contributed by atoms with E-state index in [2.05, 4.69) is 49.5 Å². The lowest BCUT2D eigenvalue weighted by molar-refractivity contribution is 0.482. The normalized spacial score (nSPS) is 12.9. The van der Waals surface area contributed by atoms with Crippen molar-refractivity contribution in [2.75, 3.05) is 6.54 Å². The number of thiophene rings is 1. The number of nitrogens with one attached hydrogen (secondary N) is 1.